The number of halogens is 1. The predicted molar refractivity (Wildman–Crippen MR) is 118 cm³/mol. The van der Waals surface area contributed by atoms with Gasteiger partial charge in [0.2, 0.25) is 5.91 Å². The Balaban J connectivity index is 1.40. The zero-order chi connectivity index (χ0) is 21.3. The number of rotatable bonds is 2. The van der Waals surface area contributed by atoms with Gasteiger partial charge in [0.15, 0.2) is 0 Å². The van der Waals surface area contributed by atoms with Crippen LogP contribution in [-0.4, -0.2) is 42.6 Å². The molecular formula is C23H26ClN3O3. The molecule has 1 atom stereocenters. The lowest BCUT2D eigenvalue weighted by Gasteiger charge is -2.39. The van der Waals surface area contributed by atoms with E-state index in [2.05, 4.69) is 5.32 Å². The van der Waals surface area contributed by atoms with E-state index in [0.29, 0.717) is 43.2 Å². The fourth-order valence-corrected chi connectivity index (χ4v) is 4.21. The molecular weight excluding hydrogens is 402 g/mol. The van der Waals surface area contributed by atoms with Crippen molar-refractivity contribution in [3.05, 3.63) is 53.1 Å². The van der Waals surface area contributed by atoms with Gasteiger partial charge in [0.05, 0.1) is 22.9 Å². The number of nitrogens with zero attached hydrogens (tertiary/aromatic N) is 2. The first-order chi connectivity index (χ1) is 14.4. The van der Waals surface area contributed by atoms with Crippen molar-refractivity contribution in [3.8, 4) is 5.75 Å². The normalized spacial score (nSPS) is 19.1. The van der Waals surface area contributed by atoms with Crippen molar-refractivity contribution < 1.29 is 14.3 Å². The summed E-state index contributed by atoms with van der Waals surface area (Å²) in [7, 11) is 0. The van der Waals surface area contributed by atoms with Gasteiger partial charge in [0.25, 0.3) is 0 Å². The van der Waals surface area contributed by atoms with Crippen LogP contribution >= 0.6 is 11.6 Å². The van der Waals surface area contributed by atoms with Gasteiger partial charge < -0.3 is 15.0 Å². The lowest BCUT2D eigenvalue weighted by molar-refractivity contribution is -0.121. The molecule has 0 aliphatic carbocycles. The Morgan fingerprint density at radius 3 is 2.60 bits per heavy atom. The van der Waals surface area contributed by atoms with Crippen molar-refractivity contribution in [1.29, 1.82) is 0 Å². The summed E-state index contributed by atoms with van der Waals surface area (Å²) in [5.74, 6) is 0.557. The minimum atomic E-state index is -0.136. The number of aryl methyl sites for hydroxylation is 1. The molecule has 2 aromatic carbocycles. The summed E-state index contributed by atoms with van der Waals surface area (Å²) in [4.78, 5) is 29.5. The molecule has 2 aliphatic rings. The quantitative estimate of drug-likeness (QED) is 0.755. The molecule has 1 unspecified atom stereocenters. The van der Waals surface area contributed by atoms with E-state index >= 15 is 0 Å². The minimum Gasteiger partial charge on any atom is -0.487 e. The number of likely N-dealkylation sites (tertiary alicyclic amines) is 1. The predicted octanol–water partition coefficient (Wildman–Crippen LogP) is 4.71. The molecule has 1 saturated heterocycles. The number of hydrogen-bond acceptors (Lipinski definition) is 3. The Morgan fingerprint density at radius 1 is 1.13 bits per heavy atom. The SMILES string of the molecule is Cc1ccc2c(c1)N(C(=O)N1CCC(C(=O)Nc3ccccc3Cl)CC1)CC(C)O2. The van der Waals surface area contributed by atoms with Crippen LogP contribution in [0, 0.1) is 12.8 Å². The number of anilines is 2. The van der Waals surface area contributed by atoms with Crippen molar-refractivity contribution in [2.24, 2.45) is 5.92 Å². The zero-order valence-corrected chi connectivity index (χ0v) is 18.0. The third kappa shape index (κ3) is 4.24. The van der Waals surface area contributed by atoms with Crippen LogP contribution in [0.15, 0.2) is 42.5 Å². The minimum absolute atomic E-state index is 0.0260. The van der Waals surface area contributed by atoms with Crippen molar-refractivity contribution in [2.75, 3.05) is 29.9 Å². The first-order valence-corrected chi connectivity index (χ1v) is 10.7. The Labute approximate surface area is 181 Å². The molecule has 0 saturated carbocycles. The largest absolute Gasteiger partial charge is 0.487 e. The maximum Gasteiger partial charge on any atom is 0.324 e. The van der Waals surface area contributed by atoms with Crippen LogP contribution in [0.5, 0.6) is 5.75 Å². The van der Waals surface area contributed by atoms with Crippen LogP contribution in [0.4, 0.5) is 16.2 Å². The monoisotopic (exact) mass is 427 g/mol. The van der Waals surface area contributed by atoms with Gasteiger partial charge in [0, 0.05) is 19.0 Å². The summed E-state index contributed by atoms with van der Waals surface area (Å²) >= 11 is 6.14. The lowest BCUT2D eigenvalue weighted by Crippen LogP contribution is -2.51. The number of nitrogens with one attached hydrogen (secondary N) is 1. The van der Waals surface area contributed by atoms with Crippen LogP contribution in [0.1, 0.15) is 25.3 Å². The number of benzene rings is 2. The van der Waals surface area contributed by atoms with E-state index in [0.717, 1.165) is 17.0 Å². The van der Waals surface area contributed by atoms with E-state index < -0.39 is 0 Å². The molecule has 4 rings (SSSR count). The maximum atomic E-state index is 13.3. The van der Waals surface area contributed by atoms with Crippen LogP contribution in [0.3, 0.4) is 0 Å². The number of carbonyl (C=O) groups is 2. The van der Waals surface area contributed by atoms with Crippen molar-refractivity contribution >= 4 is 34.9 Å². The second-order valence-corrected chi connectivity index (χ2v) is 8.43. The van der Waals surface area contributed by atoms with Crippen molar-refractivity contribution in [1.82, 2.24) is 4.90 Å². The molecule has 30 heavy (non-hydrogen) atoms. The molecule has 1 N–H and O–H groups in total. The van der Waals surface area contributed by atoms with E-state index in [1.165, 1.54) is 0 Å². The number of urea groups is 1. The van der Waals surface area contributed by atoms with Crippen molar-refractivity contribution in [3.63, 3.8) is 0 Å². The van der Waals surface area contributed by atoms with E-state index in [1.807, 2.05) is 49.1 Å². The highest BCUT2D eigenvalue weighted by atomic mass is 35.5. The van der Waals surface area contributed by atoms with Gasteiger partial charge in [-0.05, 0) is 56.5 Å². The van der Waals surface area contributed by atoms with E-state index in [9.17, 15) is 9.59 Å². The standard InChI is InChI=1S/C23H26ClN3O3/c1-15-7-8-21-20(13-15)27(14-16(2)30-21)23(29)26-11-9-17(10-12-26)22(28)25-19-6-4-3-5-18(19)24/h3-8,13,16-17H,9-12,14H2,1-2H3,(H,25,28). The molecule has 2 aromatic rings. The number of carbonyl (C=O) groups excluding carboxylic acids is 2. The average Bonchev–Trinajstić information content (AvgIpc) is 2.74. The number of fused-ring (bicyclic) bond motifs is 1. The van der Waals surface area contributed by atoms with Gasteiger partial charge in [-0.3, -0.25) is 9.69 Å². The highest BCUT2D eigenvalue weighted by Gasteiger charge is 2.34. The summed E-state index contributed by atoms with van der Waals surface area (Å²) in [6.45, 7) is 5.58. The van der Waals surface area contributed by atoms with E-state index in [4.69, 9.17) is 16.3 Å². The van der Waals surface area contributed by atoms with Crippen molar-refractivity contribution in [2.45, 2.75) is 32.8 Å². The first kappa shape index (κ1) is 20.5. The molecule has 7 heteroatoms. The highest BCUT2D eigenvalue weighted by Crippen LogP contribution is 2.35. The van der Waals surface area contributed by atoms with Gasteiger partial charge in [-0.25, -0.2) is 4.79 Å². The van der Waals surface area contributed by atoms with Gasteiger partial charge in [-0.15, -0.1) is 0 Å². The second kappa shape index (κ2) is 8.56. The van der Waals surface area contributed by atoms with Gasteiger partial charge in [-0.2, -0.15) is 0 Å². The second-order valence-electron chi connectivity index (χ2n) is 8.02. The Hall–Kier alpha value is -2.73. The molecule has 158 valence electrons. The maximum absolute atomic E-state index is 13.3. The van der Waals surface area contributed by atoms with E-state index in [-0.39, 0.29) is 24.0 Å². The molecule has 6 nitrogen and oxygen atoms in total. The Kier molecular flexibility index (Phi) is 5.86. The molecule has 0 radical (unpaired) electrons. The number of hydrogen-bond donors (Lipinski definition) is 1. The number of ether oxygens (including phenoxy) is 1. The summed E-state index contributed by atoms with van der Waals surface area (Å²) < 4.78 is 5.89. The Morgan fingerprint density at radius 2 is 1.87 bits per heavy atom. The fourth-order valence-electron chi connectivity index (χ4n) is 4.03. The third-order valence-corrected chi connectivity index (χ3v) is 6.00. The summed E-state index contributed by atoms with van der Waals surface area (Å²) in [6.07, 6.45) is 1.19. The van der Waals surface area contributed by atoms with Gasteiger partial charge in [-0.1, -0.05) is 29.8 Å². The molecule has 2 aliphatic heterocycles. The third-order valence-electron chi connectivity index (χ3n) is 5.67. The molecule has 3 amide bonds. The zero-order valence-electron chi connectivity index (χ0n) is 17.2. The topological polar surface area (TPSA) is 61.9 Å². The molecule has 0 spiro atoms. The number of para-hydroxylation sites is 1. The highest BCUT2D eigenvalue weighted by molar-refractivity contribution is 6.33. The fraction of sp³-hybridized carbons (Fsp3) is 0.391. The van der Waals surface area contributed by atoms with Gasteiger partial charge in [0.1, 0.15) is 11.9 Å². The number of amides is 3. The first-order valence-electron chi connectivity index (χ1n) is 10.3. The molecule has 0 aromatic heterocycles. The van der Waals surface area contributed by atoms with E-state index in [1.54, 1.807) is 17.0 Å². The molecule has 1 fully saturated rings. The van der Waals surface area contributed by atoms with Crippen LogP contribution in [-0.2, 0) is 4.79 Å². The summed E-state index contributed by atoms with van der Waals surface area (Å²) in [6, 6.07) is 13.1. The summed E-state index contributed by atoms with van der Waals surface area (Å²) in [5, 5.41) is 3.43. The van der Waals surface area contributed by atoms with Gasteiger partial charge >= 0.3 is 6.03 Å². The molecule has 0 bridgehead atoms. The lowest BCUT2D eigenvalue weighted by atomic mass is 9.96. The Bertz CT molecular complexity index is 956. The summed E-state index contributed by atoms with van der Waals surface area (Å²) in [5.41, 5.74) is 2.52. The number of piperidine rings is 1. The smallest absolute Gasteiger partial charge is 0.324 e. The molecule has 2 heterocycles. The van der Waals surface area contributed by atoms with Crippen LogP contribution in [0.25, 0.3) is 0 Å². The average molecular weight is 428 g/mol. The van der Waals surface area contributed by atoms with Crippen LogP contribution in [0.2, 0.25) is 5.02 Å². The van der Waals surface area contributed by atoms with Crippen LogP contribution < -0.4 is 15.0 Å².